The fourth-order valence-electron chi connectivity index (χ4n) is 3.19. The number of aromatic nitrogens is 6. The number of nitrogens with one attached hydrogen (secondary N) is 4. The number of thioether (sulfide) groups is 2. The van der Waals surface area contributed by atoms with Crippen LogP contribution in [0.25, 0.3) is 0 Å². The van der Waals surface area contributed by atoms with Crippen LogP contribution < -0.4 is 20.1 Å². The predicted molar refractivity (Wildman–Crippen MR) is 163 cm³/mol. The minimum Gasteiger partial charge on any atom is -0.426 e. The van der Waals surface area contributed by atoms with Crippen molar-refractivity contribution in [3.63, 3.8) is 0 Å². The molecule has 40 heavy (non-hydrogen) atoms. The molecule has 0 aliphatic carbocycles. The van der Waals surface area contributed by atoms with Gasteiger partial charge in [0.1, 0.15) is 11.5 Å². The van der Waals surface area contributed by atoms with E-state index in [4.69, 9.17) is 33.9 Å². The lowest BCUT2D eigenvalue weighted by Crippen LogP contribution is -2.02. The Morgan fingerprint density at radius 1 is 0.575 bits per heavy atom. The van der Waals surface area contributed by atoms with E-state index in [1.165, 1.54) is 23.5 Å². The van der Waals surface area contributed by atoms with E-state index in [2.05, 4.69) is 40.5 Å². The zero-order valence-electron chi connectivity index (χ0n) is 20.7. The summed E-state index contributed by atoms with van der Waals surface area (Å²) >= 11 is 13.3. The Labute approximate surface area is 248 Å². The van der Waals surface area contributed by atoms with Gasteiger partial charge in [-0.2, -0.15) is 19.9 Å². The second-order valence-corrected chi connectivity index (χ2v) is 10.5. The van der Waals surface area contributed by atoms with E-state index in [-0.39, 0.29) is 0 Å². The minimum absolute atomic E-state index is 0.296. The number of aromatic amines is 2. The van der Waals surface area contributed by atoms with Crippen LogP contribution in [0, 0.1) is 9.54 Å². The van der Waals surface area contributed by atoms with E-state index in [1.54, 1.807) is 0 Å². The third-order valence-electron chi connectivity index (χ3n) is 4.97. The molecule has 5 aromatic rings. The highest BCUT2D eigenvalue weighted by Gasteiger charge is 2.06. The van der Waals surface area contributed by atoms with Gasteiger partial charge >= 0.3 is 12.0 Å². The molecule has 0 radical (unpaired) electrons. The van der Waals surface area contributed by atoms with E-state index in [1.807, 2.05) is 84.9 Å². The van der Waals surface area contributed by atoms with Crippen molar-refractivity contribution in [1.29, 1.82) is 0 Å². The van der Waals surface area contributed by atoms with Gasteiger partial charge in [-0.1, -0.05) is 59.9 Å². The van der Waals surface area contributed by atoms with Crippen molar-refractivity contribution in [1.82, 2.24) is 29.9 Å². The van der Waals surface area contributed by atoms with Crippen LogP contribution in [-0.2, 0) is 0 Å². The Kier molecular flexibility index (Phi) is 9.58. The number of ether oxygens (including phenoxy) is 2. The summed E-state index contributed by atoms with van der Waals surface area (Å²) in [5.74, 6) is 2.42. The summed E-state index contributed by atoms with van der Waals surface area (Å²) in [5.41, 5.74) is 1.90. The van der Waals surface area contributed by atoms with Crippen LogP contribution in [0.3, 0.4) is 0 Å². The molecule has 0 fully saturated rings. The van der Waals surface area contributed by atoms with Gasteiger partial charge in [0.25, 0.3) is 0 Å². The molecule has 10 nitrogen and oxygen atoms in total. The number of rotatable bonds is 12. The summed E-state index contributed by atoms with van der Waals surface area (Å²) in [4.78, 5) is 23.0. The molecule has 2 aromatic heterocycles. The number of nitrogens with zero attached hydrogens (tertiary/aromatic N) is 4. The van der Waals surface area contributed by atoms with Gasteiger partial charge in [0.15, 0.2) is 10.3 Å². The lowest BCUT2D eigenvalue weighted by molar-refractivity contribution is 0.430. The molecular weight excluding hydrogens is 585 g/mol. The standard InChI is InChI=1S/C26H22N8O2S4/c37-23-29-21(35-19-7-3-1-4-8-19)31-25(33-23)39-15-27-17-11-13-18(14-12-17)28-16-40-26-32-22(30-24(38)34-26)36-20-9-5-2-6-10-20/h1-14,27-28H,15-16H2,(H,29,31,33,37)(H,30,32,34,38). The number of hydrogen-bond donors (Lipinski definition) is 4. The minimum atomic E-state index is 0.296. The van der Waals surface area contributed by atoms with Crippen molar-refractivity contribution in [3.8, 4) is 23.5 Å². The maximum Gasteiger partial charge on any atom is 0.303 e. The molecule has 14 heteroatoms. The van der Waals surface area contributed by atoms with Gasteiger partial charge in [-0.25, -0.2) is 0 Å². The molecule has 0 atom stereocenters. The first kappa shape index (κ1) is 27.6. The van der Waals surface area contributed by atoms with E-state index in [0.717, 1.165) is 11.4 Å². The normalized spacial score (nSPS) is 10.6. The first-order valence-electron chi connectivity index (χ1n) is 11.8. The first-order chi connectivity index (χ1) is 19.6. The molecule has 0 aliphatic heterocycles. The largest absolute Gasteiger partial charge is 0.426 e. The Morgan fingerprint density at radius 2 is 0.975 bits per heavy atom. The van der Waals surface area contributed by atoms with E-state index in [9.17, 15) is 0 Å². The fraction of sp³-hybridized carbons (Fsp3) is 0.0769. The number of hydrogen-bond acceptors (Lipinski definition) is 12. The lowest BCUT2D eigenvalue weighted by Gasteiger charge is -2.09. The first-order valence-corrected chi connectivity index (χ1v) is 14.6. The zero-order valence-corrected chi connectivity index (χ0v) is 24.0. The van der Waals surface area contributed by atoms with Crippen LogP contribution in [0.15, 0.2) is 95.2 Å². The molecule has 0 bridgehead atoms. The van der Waals surface area contributed by atoms with Gasteiger partial charge in [-0.05, 0) is 73.0 Å². The lowest BCUT2D eigenvalue weighted by atomic mass is 10.3. The molecule has 3 aromatic carbocycles. The highest BCUT2D eigenvalue weighted by Crippen LogP contribution is 2.23. The highest BCUT2D eigenvalue weighted by atomic mass is 32.2. The van der Waals surface area contributed by atoms with Gasteiger partial charge in [0, 0.05) is 11.4 Å². The maximum atomic E-state index is 5.74. The third kappa shape index (κ3) is 8.51. The summed E-state index contributed by atoms with van der Waals surface area (Å²) in [6.45, 7) is 0. The molecule has 2 heterocycles. The molecule has 4 N–H and O–H groups in total. The molecular formula is C26H22N8O2S4. The monoisotopic (exact) mass is 606 g/mol. The van der Waals surface area contributed by atoms with Gasteiger partial charge in [0.05, 0.1) is 11.8 Å². The molecule has 0 spiro atoms. The fourth-order valence-corrected chi connectivity index (χ4v) is 5.00. The molecule has 0 amide bonds. The predicted octanol–water partition coefficient (Wildman–Crippen LogP) is 7.29. The van der Waals surface area contributed by atoms with Crippen molar-refractivity contribution in [3.05, 3.63) is 94.5 Å². The summed E-state index contributed by atoms with van der Waals surface area (Å²) in [6.07, 6.45) is 0. The van der Waals surface area contributed by atoms with Crippen molar-refractivity contribution in [2.24, 2.45) is 0 Å². The van der Waals surface area contributed by atoms with E-state index < -0.39 is 0 Å². The third-order valence-corrected chi connectivity index (χ3v) is 6.82. The van der Waals surface area contributed by atoms with Gasteiger partial charge in [-0.3, -0.25) is 9.97 Å². The number of H-pyrrole nitrogens is 2. The quantitative estimate of drug-likeness (QED) is 0.0647. The average molecular weight is 607 g/mol. The number of benzene rings is 3. The summed E-state index contributed by atoms with van der Waals surface area (Å²) in [6, 6.07) is 27.3. The Balaban J connectivity index is 1.08. The van der Waals surface area contributed by atoms with Crippen molar-refractivity contribution < 1.29 is 9.47 Å². The van der Waals surface area contributed by atoms with Gasteiger partial charge < -0.3 is 20.1 Å². The molecule has 0 saturated carbocycles. The molecule has 5 rings (SSSR count). The van der Waals surface area contributed by atoms with Crippen molar-refractivity contribution in [2.75, 3.05) is 22.4 Å². The molecule has 202 valence electrons. The van der Waals surface area contributed by atoms with Crippen LogP contribution >= 0.6 is 48.0 Å². The highest BCUT2D eigenvalue weighted by molar-refractivity contribution is 7.99. The van der Waals surface area contributed by atoms with Crippen LogP contribution in [0.1, 0.15) is 0 Å². The van der Waals surface area contributed by atoms with Gasteiger partial charge in [0.2, 0.25) is 9.54 Å². The van der Waals surface area contributed by atoms with Crippen molar-refractivity contribution in [2.45, 2.75) is 10.3 Å². The molecule has 0 aliphatic rings. The molecule has 0 saturated heterocycles. The van der Waals surface area contributed by atoms with Crippen LogP contribution in [0.5, 0.6) is 23.5 Å². The number of para-hydroxylation sites is 2. The Morgan fingerprint density at radius 3 is 1.38 bits per heavy atom. The van der Waals surface area contributed by atoms with Crippen LogP contribution in [0.4, 0.5) is 11.4 Å². The second kappa shape index (κ2) is 13.9. The van der Waals surface area contributed by atoms with Crippen molar-refractivity contribution >= 4 is 59.3 Å². The summed E-state index contributed by atoms with van der Waals surface area (Å²) < 4.78 is 12.1. The topological polar surface area (TPSA) is 126 Å². The van der Waals surface area contributed by atoms with E-state index in [0.29, 0.717) is 55.1 Å². The smallest absolute Gasteiger partial charge is 0.303 e. The summed E-state index contributed by atoms with van der Waals surface area (Å²) in [5, 5.41) is 7.70. The Hall–Kier alpha value is -3.98. The van der Waals surface area contributed by atoms with Crippen LogP contribution in [-0.4, -0.2) is 41.7 Å². The van der Waals surface area contributed by atoms with Gasteiger partial charge in [-0.15, -0.1) is 0 Å². The number of anilines is 2. The van der Waals surface area contributed by atoms with Crippen LogP contribution in [0.2, 0.25) is 0 Å². The summed E-state index contributed by atoms with van der Waals surface area (Å²) in [7, 11) is 0. The average Bonchev–Trinajstić information content (AvgIpc) is 2.94. The zero-order chi connectivity index (χ0) is 27.6. The van der Waals surface area contributed by atoms with E-state index >= 15 is 0 Å². The SMILES string of the molecule is S=c1nc(SCNc2ccc(NCSc3nc(Oc4ccccc4)[nH]c(=S)n3)cc2)nc(Oc2ccccc2)[nH]1. The molecule has 0 unspecified atom stereocenters. The Bertz CT molecular complexity index is 1530. The maximum absolute atomic E-state index is 5.74. The second-order valence-electron chi connectivity index (χ2n) is 7.82.